The van der Waals surface area contributed by atoms with Crippen LogP contribution in [0.2, 0.25) is 0 Å². The fraction of sp³-hybridized carbons (Fsp3) is 0.0435. The number of nitrogens with one attached hydrogen (secondary N) is 3. The monoisotopic (exact) mass is 366 g/mol. The van der Waals surface area contributed by atoms with Crippen LogP contribution in [0.15, 0.2) is 84.9 Å². The minimum Gasteiger partial charge on any atom is -0.338 e. The number of aromatic amines is 1. The molecular weight excluding hydrogens is 348 g/mol. The predicted octanol–water partition coefficient (Wildman–Crippen LogP) is 4.49. The van der Waals surface area contributed by atoms with Crippen molar-refractivity contribution in [1.82, 2.24) is 20.6 Å². The minimum atomic E-state index is -0.314. The first-order valence-electron chi connectivity index (χ1n) is 9.17. The number of amides is 2. The third-order valence-corrected chi connectivity index (χ3v) is 4.91. The molecule has 0 saturated heterocycles. The van der Waals surface area contributed by atoms with Crippen molar-refractivity contribution >= 4 is 28.3 Å². The van der Waals surface area contributed by atoms with Gasteiger partial charge in [-0.1, -0.05) is 72.8 Å². The fourth-order valence-electron chi connectivity index (χ4n) is 3.63. The molecule has 2 heterocycles. The summed E-state index contributed by atoms with van der Waals surface area (Å²) in [5, 5.41) is 6.05. The number of nitrogens with zero attached hydrogens (tertiary/aromatic N) is 1. The number of imidazole rings is 1. The van der Waals surface area contributed by atoms with Crippen LogP contribution in [0, 0.1) is 0 Å². The van der Waals surface area contributed by atoms with Gasteiger partial charge >= 0.3 is 6.03 Å². The second-order valence-electron chi connectivity index (χ2n) is 6.70. The molecule has 1 atom stereocenters. The number of hydrogen-bond acceptors (Lipinski definition) is 2. The number of aromatic nitrogens is 2. The molecule has 5 nitrogen and oxygen atoms in total. The number of carbonyl (C=O) groups excluding carboxylic acids is 1. The fourth-order valence-corrected chi connectivity index (χ4v) is 3.63. The quantitative estimate of drug-likeness (QED) is 0.500. The topological polar surface area (TPSA) is 69.8 Å². The van der Waals surface area contributed by atoms with Gasteiger partial charge in [0.2, 0.25) is 0 Å². The zero-order valence-electron chi connectivity index (χ0n) is 15.0. The lowest BCUT2D eigenvalue weighted by Crippen LogP contribution is -2.43. The number of fused-ring (bicyclic) bond motifs is 1. The van der Waals surface area contributed by atoms with Crippen LogP contribution in [-0.4, -0.2) is 16.0 Å². The maximum atomic E-state index is 12.5. The van der Waals surface area contributed by atoms with Gasteiger partial charge in [-0.25, -0.2) is 9.78 Å². The van der Waals surface area contributed by atoms with E-state index >= 15 is 0 Å². The Labute approximate surface area is 162 Å². The Bertz CT molecular complexity index is 1150. The smallest absolute Gasteiger partial charge is 0.320 e. The van der Waals surface area contributed by atoms with Gasteiger partial charge in [0.15, 0.2) is 0 Å². The Morgan fingerprint density at radius 3 is 2.21 bits per heavy atom. The molecule has 0 fully saturated rings. The van der Waals surface area contributed by atoms with Crippen LogP contribution in [0.3, 0.4) is 0 Å². The second-order valence-corrected chi connectivity index (χ2v) is 6.70. The van der Waals surface area contributed by atoms with Crippen LogP contribution in [0.5, 0.6) is 0 Å². The van der Waals surface area contributed by atoms with Gasteiger partial charge in [0.25, 0.3) is 0 Å². The second kappa shape index (κ2) is 6.70. The normalized spacial score (nSPS) is 16.7. The lowest BCUT2D eigenvalue weighted by Gasteiger charge is -2.30. The molecule has 1 aliphatic heterocycles. The Morgan fingerprint density at radius 1 is 0.786 bits per heavy atom. The van der Waals surface area contributed by atoms with Gasteiger partial charge in [-0.2, -0.15) is 0 Å². The Morgan fingerprint density at radius 2 is 1.46 bits per heavy atom. The lowest BCUT2D eigenvalue weighted by atomic mass is 9.92. The number of urea groups is 1. The van der Waals surface area contributed by atoms with Crippen LogP contribution in [-0.2, 0) is 0 Å². The van der Waals surface area contributed by atoms with Crippen LogP contribution < -0.4 is 10.6 Å². The number of para-hydroxylation sites is 2. The van der Waals surface area contributed by atoms with Crippen LogP contribution >= 0.6 is 0 Å². The molecule has 0 saturated carbocycles. The summed E-state index contributed by atoms with van der Waals surface area (Å²) in [6.07, 6.45) is 0. The maximum Gasteiger partial charge on any atom is 0.320 e. The molecule has 0 unspecified atom stereocenters. The van der Waals surface area contributed by atoms with Gasteiger partial charge in [0.1, 0.15) is 5.82 Å². The van der Waals surface area contributed by atoms with E-state index in [9.17, 15) is 4.79 Å². The molecule has 28 heavy (non-hydrogen) atoms. The average Bonchev–Trinajstić information content (AvgIpc) is 3.18. The highest BCUT2D eigenvalue weighted by Gasteiger charge is 2.31. The molecular formula is C23H18N4O. The van der Waals surface area contributed by atoms with E-state index in [4.69, 9.17) is 4.98 Å². The molecule has 3 aromatic carbocycles. The van der Waals surface area contributed by atoms with Crippen molar-refractivity contribution in [3.05, 3.63) is 102 Å². The van der Waals surface area contributed by atoms with Gasteiger partial charge in [0.05, 0.1) is 22.8 Å². The van der Waals surface area contributed by atoms with E-state index in [2.05, 4.69) is 15.6 Å². The lowest BCUT2D eigenvalue weighted by molar-refractivity contribution is 0.242. The molecule has 5 rings (SSSR count). The Kier molecular flexibility index (Phi) is 3.91. The molecule has 0 aliphatic carbocycles. The van der Waals surface area contributed by atoms with E-state index in [0.717, 1.165) is 39.3 Å². The number of H-pyrrole nitrogens is 1. The molecule has 0 bridgehead atoms. The summed E-state index contributed by atoms with van der Waals surface area (Å²) in [6, 6.07) is 27.2. The van der Waals surface area contributed by atoms with E-state index in [-0.39, 0.29) is 12.1 Å². The van der Waals surface area contributed by atoms with Crippen molar-refractivity contribution in [1.29, 1.82) is 0 Å². The largest absolute Gasteiger partial charge is 0.338 e. The highest BCUT2D eigenvalue weighted by atomic mass is 16.2. The summed E-state index contributed by atoms with van der Waals surface area (Å²) in [4.78, 5) is 20.7. The highest BCUT2D eigenvalue weighted by Crippen LogP contribution is 2.37. The molecule has 4 aromatic rings. The molecule has 0 radical (unpaired) electrons. The predicted molar refractivity (Wildman–Crippen MR) is 110 cm³/mol. The Balaban J connectivity index is 1.78. The van der Waals surface area contributed by atoms with Gasteiger partial charge < -0.3 is 15.6 Å². The van der Waals surface area contributed by atoms with E-state index in [0.29, 0.717) is 0 Å². The van der Waals surface area contributed by atoms with E-state index in [1.165, 1.54) is 0 Å². The first-order chi connectivity index (χ1) is 13.8. The number of benzene rings is 3. The molecule has 3 N–H and O–H groups in total. The zero-order chi connectivity index (χ0) is 18.9. The van der Waals surface area contributed by atoms with Crippen molar-refractivity contribution in [2.45, 2.75) is 6.04 Å². The van der Waals surface area contributed by atoms with Gasteiger partial charge in [0, 0.05) is 5.57 Å². The molecule has 2 amide bonds. The van der Waals surface area contributed by atoms with Crippen LogP contribution in [0.4, 0.5) is 4.79 Å². The van der Waals surface area contributed by atoms with Crippen molar-refractivity contribution in [2.24, 2.45) is 0 Å². The van der Waals surface area contributed by atoms with Gasteiger partial charge in [-0.05, 0) is 23.3 Å². The van der Waals surface area contributed by atoms with E-state index in [1.54, 1.807) is 0 Å². The molecule has 1 aliphatic rings. The number of rotatable bonds is 3. The summed E-state index contributed by atoms with van der Waals surface area (Å²) in [5.74, 6) is 0.737. The summed E-state index contributed by atoms with van der Waals surface area (Å²) in [7, 11) is 0. The summed E-state index contributed by atoms with van der Waals surface area (Å²) < 4.78 is 0. The van der Waals surface area contributed by atoms with Crippen LogP contribution in [0.1, 0.15) is 23.0 Å². The van der Waals surface area contributed by atoms with Crippen molar-refractivity contribution in [3.63, 3.8) is 0 Å². The minimum absolute atomic E-state index is 0.229. The number of carbonyl (C=O) groups is 1. The standard InChI is InChI=1S/C23H18N4O/c28-23-26-20(15-9-3-1-4-10-15)19(21(27-23)16-11-5-2-6-12-16)22-24-17-13-7-8-14-18(17)25-22/h1-14,20H,(H,24,25)(H2,26,27,28)/t20-/m0/s1. The average molecular weight is 366 g/mol. The highest BCUT2D eigenvalue weighted by molar-refractivity contribution is 6.02. The first kappa shape index (κ1) is 16.3. The zero-order valence-corrected chi connectivity index (χ0v) is 15.0. The Hall–Kier alpha value is -3.86. The van der Waals surface area contributed by atoms with Crippen molar-refractivity contribution in [2.75, 3.05) is 0 Å². The molecule has 136 valence electrons. The molecule has 5 heteroatoms. The van der Waals surface area contributed by atoms with Crippen molar-refractivity contribution < 1.29 is 4.79 Å². The van der Waals surface area contributed by atoms with E-state index < -0.39 is 0 Å². The summed E-state index contributed by atoms with van der Waals surface area (Å²) >= 11 is 0. The molecule has 1 aromatic heterocycles. The molecule has 0 spiro atoms. The van der Waals surface area contributed by atoms with Crippen LogP contribution in [0.25, 0.3) is 22.3 Å². The third kappa shape index (κ3) is 2.83. The van der Waals surface area contributed by atoms with E-state index in [1.807, 2.05) is 84.9 Å². The van der Waals surface area contributed by atoms with Crippen molar-refractivity contribution in [3.8, 4) is 0 Å². The maximum absolute atomic E-state index is 12.5. The third-order valence-electron chi connectivity index (χ3n) is 4.91. The SMILES string of the molecule is O=C1NC(c2ccccc2)=C(c2nc3ccccc3[nH]2)[C@H](c2ccccc2)N1. The summed E-state index contributed by atoms with van der Waals surface area (Å²) in [6.45, 7) is 0. The van der Waals surface area contributed by atoms with Gasteiger partial charge in [-0.15, -0.1) is 0 Å². The summed E-state index contributed by atoms with van der Waals surface area (Å²) in [5.41, 5.74) is 5.46. The first-order valence-corrected chi connectivity index (χ1v) is 9.17. The van der Waals surface area contributed by atoms with Gasteiger partial charge in [-0.3, -0.25) is 0 Å². The number of hydrogen-bond donors (Lipinski definition) is 3.